The largest absolute Gasteiger partial charge is 0.323 e. The molecule has 1 atom stereocenters. The number of carbonyl (C=O) groups is 2. The Morgan fingerprint density at radius 3 is 2.95 bits per heavy atom. The van der Waals surface area contributed by atoms with Crippen LogP contribution in [0.3, 0.4) is 0 Å². The molecule has 2 aromatic rings. The molecular formula is C13H9ClN2O2S. The maximum Gasteiger partial charge on any atom is 0.241 e. The average molecular weight is 293 g/mol. The van der Waals surface area contributed by atoms with Crippen molar-refractivity contribution in [3.8, 4) is 0 Å². The Morgan fingerprint density at radius 1 is 1.47 bits per heavy atom. The van der Waals surface area contributed by atoms with Crippen molar-refractivity contribution in [1.29, 1.82) is 0 Å². The number of hydrogen-bond acceptors (Lipinski definition) is 4. The van der Waals surface area contributed by atoms with E-state index in [1.54, 1.807) is 12.1 Å². The third kappa shape index (κ3) is 2.05. The molecule has 0 spiro atoms. The smallest absolute Gasteiger partial charge is 0.241 e. The lowest BCUT2D eigenvalue weighted by Gasteiger charge is -2.04. The number of pyridine rings is 1. The summed E-state index contributed by atoms with van der Waals surface area (Å²) < 4.78 is 0. The van der Waals surface area contributed by atoms with Gasteiger partial charge in [0.1, 0.15) is 5.92 Å². The van der Waals surface area contributed by atoms with E-state index in [4.69, 9.17) is 11.6 Å². The molecule has 96 valence electrons. The topological polar surface area (TPSA) is 59.1 Å². The molecule has 19 heavy (non-hydrogen) atoms. The fourth-order valence-electron chi connectivity index (χ4n) is 2.06. The first-order valence-electron chi connectivity index (χ1n) is 5.62. The maximum atomic E-state index is 12.4. The summed E-state index contributed by atoms with van der Waals surface area (Å²) in [6, 6.07) is 3.39. The van der Waals surface area contributed by atoms with Crippen molar-refractivity contribution in [1.82, 2.24) is 4.98 Å². The minimum absolute atomic E-state index is 0.218. The highest BCUT2D eigenvalue weighted by atomic mass is 35.5. The van der Waals surface area contributed by atoms with Crippen LogP contribution >= 0.6 is 22.9 Å². The van der Waals surface area contributed by atoms with Gasteiger partial charge in [0.2, 0.25) is 5.91 Å². The number of amides is 1. The van der Waals surface area contributed by atoms with Crippen LogP contribution in [0.2, 0.25) is 5.02 Å². The van der Waals surface area contributed by atoms with Crippen molar-refractivity contribution in [2.45, 2.75) is 12.8 Å². The number of carbonyl (C=O) groups excluding carboxylic acids is 2. The van der Waals surface area contributed by atoms with E-state index in [1.165, 1.54) is 17.5 Å². The van der Waals surface area contributed by atoms with Gasteiger partial charge < -0.3 is 5.32 Å². The second-order valence-corrected chi connectivity index (χ2v) is 5.71. The lowest BCUT2D eigenvalue weighted by molar-refractivity contribution is -0.116. The van der Waals surface area contributed by atoms with E-state index in [9.17, 15) is 9.59 Å². The van der Waals surface area contributed by atoms with E-state index in [-0.39, 0.29) is 11.7 Å². The molecule has 1 unspecified atom stereocenters. The highest BCUT2D eigenvalue weighted by Gasteiger charge is 2.38. The zero-order valence-electron chi connectivity index (χ0n) is 9.94. The van der Waals surface area contributed by atoms with Crippen LogP contribution in [0.15, 0.2) is 23.7 Å². The first kappa shape index (κ1) is 12.3. The van der Waals surface area contributed by atoms with Gasteiger partial charge in [0.25, 0.3) is 0 Å². The molecular weight excluding hydrogens is 284 g/mol. The van der Waals surface area contributed by atoms with Gasteiger partial charge in [-0.3, -0.25) is 14.6 Å². The van der Waals surface area contributed by atoms with Gasteiger partial charge in [-0.1, -0.05) is 11.6 Å². The summed E-state index contributed by atoms with van der Waals surface area (Å²) in [5, 5.41) is 4.96. The van der Waals surface area contributed by atoms with E-state index >= 15 is 0 Å². The number of hydrogen-bond donors (Lipinski definition) is 1. The molecule has 0 bridgehead atoms. The van der Waals surface area contributed by atoms with E-state index < -0.39 is 5.92 Å². The summed E-state index contributed by atoms with van der Waals surface area (Å²) in [4.78, 5) is 29.0. The third-order valence-corrected chi connectivity index (χ3v) is 4.18. The van der Waals surface area contributed by atoms with E-state index in [1.807, 2.05) is 12.3 Å². The Hall–Kier alpha value is -1.72. The van der Waals surface area contributed by atoms with Gasteiger partial charge in [-0.15, -0.1) is 11.3 Å². The summed E-state index contributed by atoms with van der Waals surface area (Å²) in [6.45, 7) is 1.91. The quantitative estimate of drug-likeness (QED) is 0.684. The van der Waals surface area contributed by atoms with Crippen molar-refractivity contribution >= 4 is 40.3 Å². The molecule has 0 fully saturated rings. The van der Waals surface area contributed by atoms with E-state index in [2.05, 4.69) is 10.3 Å². The number of Topliss-reactive ketones (excluding diaryl/α,β-unsaturated/α-hetero) is 1. The highest BCUT2D eigenvalue weighted by Crippen LogP contribution is 2.35. The van der Waals surface area contributed by atoms with Crippen LogP contribution in [-0.2, 0) is 4.79 Å². The van der Waals surface area contributed by atoms with Crippen LogP contribution < -0.4 is 5.32 Å². The lowest BCUT2D eigenvalue weighted by Crippen LogP contribution is -2.20. The predicted octanol–water partition coefficient (Wildman–Crippen LogP) is 3.02. The van der Waals surface area contributed by atoms with Crippen LogP contribution in [0.5, 0.6) is 0 Å². The number of ketones is 1. The number of aryl methyl sites for hydroxylation is 1. The molecule has 1 amide bonds. The molecule has 6 heteroatoms. The standard InChI is InChI=1S/C13H9ClN2O2S/c1-6-2-9(19-5-6)12(17)10-11-8(16-13(10)18)3-7(14)4-15-11/h2-5,10H,1H3,(H,16,18). The second kappa shape index (κ2) is 4.43. The second-order valence-electron chi connectivity index (χ2n) is 4.36. The molecule has 3 rings (SSSR count). The van der Waals surface area contributed by atoms with Gasteiger partial charge in [0.15, 0.2) is 5.78 Å². The number of thiophene rings is 1. The molecule has 0 saturated carbocycles. The van der Waals surface area contributed by atoms with Crippen LogP contribution in [0, 0.1) is 6.92 Å². The SMILES string of the molecule is Cc1csc(C(=O)C2C(=O)Nc3cc(Cl)cnc32)c1. The Balaban J connectivity index is 2.02. The van der Waals surface area contributed by atoms with Crippen LogP contribution in [0.4, 0.5) is 5.69 Å². The molecule has 0 aliphatic carbocycles. The molecule has 1 aliphatic heterocycles. The summed E-state index contributed by atoms with van der Waals surface area (Å²) in [5.41, 5.74) is 1.98. The minimum atomic E-state index is -0.870. The first-order chi connectivity index (χ1) is 9.06. The maximum absolute atomic E-state index is 12.4. The summed E-state index contributed by atoms with van der Waals surface area (Å²) in [6.07, 6.45) is 1.45. The Labute approximate surface area is 118 Å². The fraction of sp³-hybridized carbons (Fsp3) is 0.154. The van der Waals surface area contributed by atoms with Crippen LogP contribution in [0.1, 0.15) is 26.8 Å². The van der Waals surface area contributed by atoms with E-state index in [0.29, 0.717) is 21.3 Å². The lowest BCUT2D eigenvalue weighted by atomic mass is 9.99. The molecule has 0 radical (unpaired) electrons. The van der Waals surface area contributed by atoms with Crippen molar-refractivity contribution in [2.75, 3.05) is 5.32 Å². The number of aromatic nitrogens is 1. The fourth-order valence-corrected chi connectivity index (χ4v) is 3.08. The van der Waals surface area contributed by atoms with Gasteiger partial charge in [0.05, 0.1) is 21.3 Å². The Morgan fingerprint density at radius 2 is 2.26 bits per heavy atom. The molecule has 2 aromatic heterocycles. The van der Waals surface area contributed by atoms with Gasteiger partial charge >= 0.3 is 0 Å². The van der Waals surface area contributed by atoms with Crippen molar-refractivity contribution in [2.24, 2.45) is 0 Å². The zero-order chi connectivity index (χ0) is 13.6. The number of anilines is 1. The zero-order valence-corrected chi connectivity index (χ0v) is 11.5. The predicted molar refractivity (Wildman–Crippen MR) is 74.0 cm³/mol. The Kier molecular flexibility index (Phi) is 2.88. The van der Waals surface area contributed by atoms with E-state index in [0.717, 1.165) is 5.56 Å². The number of nitrogens with one attached hydrogen (secondary N) is 1. The monoisotopic (exact) mass is 292 g/mol. The summed E-state index contributed by atoms with van der Waals surface area (Å²) in [7, 11) is 0. The van der Waals surface area contributed by atoms with Gasteiger partial charge in [-0.2, -0.15) is 0 Å². The minimum Gasteiger partial charge on any atom is -0.323 e. The number of nitrogens with zero attached hydrogens (tertiary/aromatic N) is 1. The van der Waals surface area contributed by atoms with Gasteiger partial charge in [-0.25, -0.2) is 0 Å². The normalized spacial score (nSPS) is 17.2. The molecule has 4 nitrogen and oxygen atoms in total. The van der Waals surface area contributed by atoms with Crippen molar-refractivity contribution in [3.63, 3.8) is 0 Å². The number of halogens is 1. The first-order valence-corrected chi connectivity index (χ1v) is 6.87. The van der Waals surface area contributed by atoms with Gasteiger partial charge in [0, 0.05) is 6.20 Å². The van der Waals surface area contributed by atoms with Gasteiger partial charge in [-0.05, 0) is 30.0 Å². The summed E-state index contributed by atoms with van der Waals surface area (Å²) in [5.74, 6) is -1.43. The molecule has 0 aromatic carbocycles. The molecule has 0 saturated heterocycles. The highest BCUT2D eigenvalue weighted by molar-refractivity contribution is 7.12. The average Bonchev–Trinajstić information content (AvgIpc) is 2.91. The van der Waals surface area contributed by atoms with Crippen molar-refractivity contribution in [3.05, 3.63) is 44.9 Å². The summed E-state index contributed by atoms with van der Waals surface area (Å²) >= 11 is 7.16. The number of fused-ring (bicyclic) bond motifs is 1. The molecule has 1 aliphatic rings. The van der Waals surface area contributed by atoms with Crippen LogP contribution in [-0.4, -0.2) is 16.7 Å². The third-order valence-electron chi connectivity index (χ3n) is 2.91. The van der Waals surface area contributed by atoms with Crippen LogP contribution in [0.25, 0.3) is 0 Å². The Bertz CT molecular complexity index is 696. The molecule has 3 heterocycles. The molecule has 1 N–H and O–H groups in total. The number of rotatable bonds is 2. The van der Waals surface area contributed by atoms with Crippen molar-refractivity contribution < 1.29 is 9.59 Å².